The van der Waals surface area contributed by atoms with E-state index < -0.39 is 0 Å². The van der Waals surface area contributed by atoms with Crippen LogP contribution in [0, 0.1) is 11.3 Å². The fourth-order valence-electron chi connectivity index (χ4n) is 2.04. The molecule has 2 aromatic carbocycles. The molecule has 1 heterocycles. The molecule has 0 spiro atoms. The third kappa shape index (κ3) is 2.87. The molecule has 3 rings (SSSR count). The van der Waals surface area contributed by atoms with Crippen LogP contribution in [0.1, 0.15) is 23.9 Å². The predicted octanol–water partition coefficient (Wildman–Crippen LogP) is 3.84. The summed E-state index contributed by atoms with van der Waals surface area (Å²) >= 11 is 0. The predicted molar refractivity (Wildman–Crippen MR) is 78.9 cm³/mol. The summed E-state index contributed by atoms with van der Waals surface area (Å²) in [6.07, 6.45) is 0.774. The van der Waals surface area contributed by atoms with Crippen LogP contribution in [0.2, 0.25) is 0 Å². The van der Waals surface area contributed by atoms with Gasteiger partial charge in [-0.25, -0.2) is 4.98 Å². The zero-order chi connectivity index (χ0) is 14.7. The van der Waals surface area contributed by atoms with E-state index in [1.807, 2.05) is 37.3 Å². The number of aryl methyl sites for hydroxylation is 1. The quantitative estimate of drug-likeness (QED) is 0.727. The maximum Gasteiger partial charge on any atom is 0.195 e. The summed E-state index contributed by atoms with van der Waals surface area (Å²) in [6, 6.07) is 15.1. The lowest BCUT2D eigenvalue weighted by Gasteiger charge is -2.05. The Morgan fingerprint density at radius 2 is 2.00 bits per heavy atom. The Morgan fingerprint density at radius 1 is 1.19 bits per heavy atom. The number of nitriles is 1. The molecule has 0 atom stereocenters. The van der Waals surface area contributed by atoms with E-state index in [9.17, 15) is 0 Å². The first-order valence-corrected chi connectivity index (χ1v) is 6.80. The summed E-state index contributed by atoms with van der Waals surface area (Å²) in [7, 11) is 0. The van der Waals surface area contributed by atoms with E-state index in [2.05, 4.69) is 11.1 Å². The number of rotatable bonds is 4. The third-order valence-corrected chi connectivity index (χ3v) is 3.19. The van der Waals surface area contributed by atoms with Crippen molar-refractivity contribution in [3.05, 3.63) is 59.5 Å². The summed E-state index contributed by atoms with van der Waals surface area (Å²) in [4.78, 5) is 4.39. The molecule has 4 nitrogen and oxygen atoms in total. The smallest absolute Gasteiger partial charge is 0.195 e. The van der Waals surface area contributed by atoms with Crippen LogP contribution < -0.4 is 4.74 Å². The van der Waals surface area contributed by atoms with Crippen LogP contribution in [-0.4, -0.2) is 4.98 Å². The lowest BCUT2D eigenvalue weighted by atomic mass is 10.2. The Bertz CT molecular complexity index is 798. The van der Waals surface area contributed by atoms with E-state index in [-0.39, 0.29) is 0 Å². The summed E-state index contributed by atoms with van der Waals surface area (Å²) in [5.74, 6) is 1.48. The van der Waals surface area contributed by atoms with Gasteiger partial charge in [0.05, 0.1) is 11.6 Å². The maximum absolute atomic E-state index is 8.76. The van der Waals surface area contributed by atoms with Crippen molar-refractivity contribution >= 4 is 11.1 Å². The van der Waals surface area contributed by atoms with E-state index in [0.717, 1.165) is 34.7 Å². The Balaban J connectivity index is 1.73. The van der Waals surface area contributed by atoms with Crippen molar-refractivity contribution < 1.29 is 9.15 Å². The lowest BCUT2D eigenvalue weighted by molar-refractivity contribution is 0.306. The largest absolute Gasteiger partial charge is 0.489 e. The lowest BCUT2D eigenvalue weighted by Crippen LogP contribution is -1.95. The highest BCUT2D eigenvalue weighted by atomic mass is 16.5. The fraction of sp³-hybridized carbons (Fsp3) is 0.176. The van der Waals surface area contributed by atoms with Gasteiger partial charge in [0.2, 0.25) is 0 Å². The van der Waals surface area contributed by atoms with Gasteiger partial charge in [0, 0.05) is 12.5 Å². The van der Waals surface area contributed by atoms with Gasteiger partial charge in [0.1, 0.15) is 17.9 Å². The van der Waals surface area contributed by atoms with Crippen molar-refractivity contribution in [3.8, 4) is 11.8 Å². The maximum atomic E-state index is 8.76. The first-order chi connectivity index (χ1) is 10.3. The first-order valence-electron chi connectivity index (χ1n) is 6.80. The van der Waals surface area contributed by atoms with Crippen LogP contribution in [0.15, 0.2) is 46.9 Å². The normalized spacial score (nSPS) is 10.5. The molecule has 3 aromatic rings. The van der Waals surface area contributed by atoms with Crippen molar-refractivity contribution in [1.29, 1.82) is 5.26 Å². The molecule has 4 heteroatoms. The van der Waals surface area contributed by atoms with Crippen LogP contribution >= 0.6 is 0 Å². The van der Waals surface area contributed by atoms with Gasteiger partial charge in [-0.05, 0) is 29.8 Å². The van der Waals surface area contributed by atoms with Crippen molar-refractivity contribution in [2.24, 2.45) is 0 Å². The standard InChI is InChI=1S/C17H14N2O2/c1-2-17-19-15-9-14(7-8-16(15)21-17)20-11-13-5-3-12(10-18)4-6-13/h3-9H,2,11H2,1H3. The number of oxazole rings is 1. The summed E-state index contributed by atoms with van der Waals surface area (Å²) in [5.41, 5.74) is 3.25. The van der Waals surface area contributed by atoms with Crippen molar-refractivity contribution in [2.45, 2.75) is 20.0 Å². The number of nitrogens with zero attached hydrogens (tertiary/aromatic N) is 2. The van der Waals surface area contributed by atoms with Crippen LogP contribution in [-0.2, 0) is 13.0 Å². The monoisotopic (exact) mass is 278 g/mol. The zero-order valence-electron chi connectivity index (χ0n) is 11.7. The Hall–Kier alpha value is -2.80. The van der Waals surface area contributed by atoms with Gasteiger partial charge in [-0.1, -0.05) is 19.1 Å². The number of fused-ring (bicyclic) bond motifs is 1. The minimum absolute atomic E-state index is 0.454. The highest BCUT2D eigenvalue weighted by Gasteiger charge is 2.05. The molecule has 0 aliphatic heterocycles. The Labute approximate surface area is 122 Å². The van der Waals surface area contributed by atoms with Crippen molar-refractivity contribution in [3.63, 3.8) is 0 Å². The molecule has 0 fully saturated rings. The van der Waals surface area contributed by atoms with Crippen molar-refractivity contribution in [2.75, 3.05) is 0 Å². The van der Waals surface area contributed by atoms with E-state index in [1.54, 1.807) is 12.1 Å². The molecule has 1 aromatic heterocycles. The van der Waals surface area contributed by atoms with Crippen molar-refractivity contribution in [1.82, 2.24) is 4.98 Å². The zero-order valence-corrected chi connectivity index (χ0v) is 11.7. The molecule has 0 saturated carbocycles. The molecule has 0 amide bonds. The van der Waals surface area contributed by atoms with Crippen LogP contribution in [0.3, 0.4) is 0 Å². The molecule has 21 heavy (non-hydrogen) atoms. The molecule has 0 N–H and O–H groups in total. The van der Waals surface area contributed by atoms with E-state index in [0.29, 0.717) is 12.2 Å². The molecule has 0 saturated heterocycles. The topological polar surface area (TPSA) is 59.0 Å². The van der Waals surface area contributed by atoms with Crippen LogP contribution in [0.4, 0.5) is 0 Å². The van der Waals surface area contributed by atoms with Gasteiger partial charge in [-0.2, -0.15) is 5.26 Å². The van der Waals surface area contributed by atoms with Gasteiger partial charge in [-0.15, -0.1) is 0 Å². The average Bonchev–Trinajstić information content (AvgIpc) is 2.95. The second-order valence-corrected chi connectivity index (χ2v) is 4.69. The van der Waals surface area contributed by atoms with Gasteiger partial charge >= 0.3 is 0 Å². The third-order valence-electron chi connectivity index (χ3n) is 3.19. The molecule has 0 aliphatic carbocycles. The van der Waals surface area contributed by atoms with E-state index in [1.165, 1.54) is 0 Å². The fourth-order valence-corrected chi connectivity index (χ4v) is 2.04. The second kappa shape index (κ2) is 5.68. The Kier molecular flexibility index (Phi) is 3.57. The summed E-state index contributed by atoms with van der Waals surface area (Å²) < 4.78 is 11.3. The molecule has 0 aliphatic rings. The van der Waals surface area contributed by atoms with E-state index in [4.69, 9.17) is 14.4 Å². The number of hydrogen-bond donors (Lipinski definition) is 0. The molecule has 0 radical (unpaired) electrons. The first kappa shape index (κ1) is 13.2. The Morgan fingerprint density at radius 3 is 2.71 bits per heavy atom. The number of hydrogen-bond acceptors (Lipinski definition) is 4. The summed E-state index contributed by atoms with van der Waals surface area (Å²) in [6.45, 7) is 2.46. The molecule has 0 unspecified atom stereocenters. The van der Waals surface area contributed by atoms with Gasteiger partial charge in [-0.3, -0.25) is 0 Å². The molecule has 0 bridgehead atoms. The van der Waals surface area contributed by atoms with Gasteiger partial charge < -0.3 is 9.15 Å². The van der Waals surface area contributed by atoms with Crippen LogP contribution in [0.25, 0.3) is 11.1 Å². The minimum atomic E-state index is 0.454. The minimum Gasteiger partial charge on any atom is -0.489 e. The van der Waals surface area contributed by atoms with Crippen LogP contribution in [0.5, 0.6) is 5.75 Å². The number of benzene rings is 2. The average molecular weight is 278 g/mol. The molecular formula is C17H14N2O2. The number of aromatic nitrogens is 1. The summed E-state index contributed by atoms with van der Waals surface area (Å²) in [5, 5.41) is 8.76. The molecular weight excluding hydrogens is 264 g/mol. The highest BCUT2D eigenvalue weighted by molar-refractivity contribution is 5.74. The van der Waals surface area contributed by atoms with Gasteiger partial charge in [0.25, 0.3) is 0 Å². The second-order valence-electron chi connectivity index (χ2n) is 4.69. The number of ether oxygens (including phenoxy) is 1. The highest BCUT2D eigenvalue weighted by Crippen LogP contribution is 2.22. The van der Waals surface area contributed by atoms with E-state index >= 15 is 0 Å². The SMILES string of the molecule is CCc1nc2cc(OCc3ccc(C#N)cc3)ccc2o1. The van der Waals surface area contributed by atoms with Gasteiger partial charge in [0.15, 0.2) is 11.5 Å². The molecule has 104 valence electrons.